The normalized spacial score (nSPS) is 23.8. The van der Waals surface area contributed by atoms with Crippen LogP contribution in [-0.2, 0) is 15.0 Å². The Balaban J connectivity index is 1.92. The minimum absolute atomic E-state index is 0.0721. The second-order valence-electron chi connectivity index (χ2n) is 5.66. The summed E-state index contributed by atoms with van der Waals surface area (Å²) in [7, 11) is -4.28. The SMILES string of the molecule is O=S(=O)(O)NC[C@H]1OC2(CCCCC2)Oc2c(Cl)cccc21. The number of hydrogen-bond donors (Lipinski definition) is 2. The van der Waals surface area contributed by atoms with E-state index in [2.05, 4.69) is 4.72 Å². The van der Waals surface area contributed by atoms with Crippen molar-refractivity contribution in [1.82, 2.24) is 4.72 Å². The van der Waals surface area contributed by atoms with Crippen molar-refractivity contribution < 1.29 is 22.4 Å². The number of benzene rings is 1. The van der Waals surface area contributed by atoms with Gasteiger partial charge in [-0.05, 0) is 18.9 Å². The molecule has 1 aromatic rings. The van der Waals surface area contributed by atoms with E-state index in [-0.39, 0.29) is 6.54 Å². The first-order valence-corrected chi connectivity index (χ1v) is 9.08. The van der Waals surface area contributed by atoms with E-state index in [0.29, 0.717) is 16.3 Å². The van der Waals surface area contributed by atoms with E-state index in [9.17, 15) is 8.42 Å². The predicted molar refractivity (Wildman–Crippen MR) is 81.3 cm³/mol. The number of fused-ring (bicyclic) bond motifs is 1. The van der Waals surface area contributed by atoms with Crippen LogP contribution in [0.5, 0.6) is 5.75 Å². The van der Waals surface area contributed by atoms with Gasteiger partial charge in [0.1, 0.15) is 11.9 Å². The van der Waals surface area contributed by atoms with Gasteiger partial charge in [-0.2, -0.15) is 13.1 Å². The average molecular weight is 348 g/mol. The van der Waals surface area contributed by atoms with Gasteiger partial charge >= 0.3 is 10.3 Å². The molecule has 2 aliphatic rings. The van der Waals surface area contributed by atoms with E-state index in [1.807, 2.05) is 0 Å². The van der Waals surface area contributed by atoms with Crippen molar-refractivity contribution in [2.45, 2.75) is 44.0 Å². The van der Waals surface area contributed by atoms with Crippen molar-refractivity contribution >= 4 is 21.9 Å². The predicted octanol–water partition coefficient (Wildman–Crippen LogP) is 2.84. The fraction of sp³-hybridized carbons (Fsp3) is 0.571. The van der Waals surface area contributed by atoms with Gasteiger partial charge in [0.25, 0.3) is 0 Å². The van der Waals surface area contributed by atoms with Crippen molar-refractivity contribution in [3.63, 3.8) is 0 Å². The van der Waals surface area contributed by atoms with E-state index in [4.69, 9.17) is 25.6 Å². The lowest BCUT2D eigenvalue weighted by Crippen LogP contribution is -2.47. The summed E-state index contributed by atoms with van der Waals surface area (Å²) in [4.78, 5) is 0. The zero-order valence-corrected chi connectivity index (χ0v) is 13.5. The van der Waals surface area contributed by atoms with Crippen LogP contribution in [0.3, 0.4) is 0 Å². The third-order valence-electron chi connectivity index (χ3n) is 4.06. The summed E-state index contributed by atoms with van der Waals surface area (Å²) in [5, 5.41) is 0.475. The Labute approximate surface area is 134 Å². The Morgan fingerprint density at radius 3 is 2.73 bits per heavy atom. The molecule has 6 nitrogen and oxygen atoms in total. The Morgan fingerprint density at radius 2 is 2.05 bits per heavy atom. The first-order valence-electron chi connectivity index (χ1n) is 7.26. The lowest BCUT2D eigenvalue weighted by atomic mass is 9.92. The average Bonchev–Trinajstić information content (AvgIpc) is 2.46. The van der Waals surface area contributed by atoms with Gasteiger partial charge in [0.15, 0.2) is 0 Å². The molecule has 0 bridgehead atoms. The van der Waals surface area contributed by atoms with Crippen LogP contribution in [0.4, 0.5) is 0 Å². The molecule has 122 valence electrons. The highest BCUT2D eigenvalue weighted by atomic mass is 35.5. The minimum Gasteiger partial charge on any atom is -0.460 e. The van der Waals surface area contributed by atoms with Gasteiger partial charge in [-0.3, -0.25) is 4.55 Å². The maximum atomic E-state index is 11.0. The molecule has 0 saturated heterocycles. The molecule has 0 radical (unpaired) electrons. The first kappa shape index (κ1) is 16.0. The molecule has 1 aliphatic carbocycles. The Morgan fingerprint density at radius 1 is 1.32 bits per heavy atom. The topological polar surface area (TPSA) is 84.9 Å². The third kappa shape index (κ3) is 3.38. The summed E-state index contributed by atoms with van der Waals surface area (Å²) in [6.07, 6.45) is 4.01. The molecule has 3 rings (SSSR count). The van der Waals surface area contributed by atoms with E-state index >= 15 is 0 Å². The standard InChI is InChI=1S/C14H18ClNO5S/c15-11-6-4-5-10-12(9-16-22(17,18)19)20-14(21-13(10)11)7-2-1-3-8-14/h4-6,12,16H,1-3,7-9H2,(H,17,18,19)/t12-/m1/s1. The molecule has 0 aromatic heterocycles. The van der Waals surface area contributed by atoms with Crippen LogP contribution in [0, 0.1) is 0 Å². The van der Waals surface area contributed by atoms with Crippen molar-refractivity contribution in [3.05, 3.63) is 28.8 Å². The molecular formula is C14H18ClNO5S. The summed E-state index contributed by atoms with van der Waals surface area (Å²) in [6, 6.07) is 5.27. The molecule has 2 N–H and O–H groups in total. The lowest BCUT2D eigenvalue weighted by Gasteiger charge is -2.44. The third-order valence-corrected chi connectivity index (χ3v) is 4.89. The smallest absolute Gasteiger partial charge is 0.333 e. The number of para-hydroxylation sites is 1. The number of nitrogens with one attached hydrogen (secondary N) is 1. The molecular weight excluding hydrogens is 330 g/mol. The zero-order valence-electron chi connectivity index (χ0n) is 11.9. The second-order valence-corrected chi connectivity index (χ2v) is 7.31. The van der Waals surface area contributed by atoms with Gasteiger partial charge in [0.2, 0.25) is 5.79 Å². The van der Waals surface area contributed by atoms with Crippen LogP contribution in [-0.4, -0.2) is 25.3 Å². The molecule has 0 amide bonds. The fourth-order valence-electron chi connectivity index (χ4n) is 3.06. The quantitative estimate of drug-likeness (QED) is 0.821. The summed E-state index contributed by atoms with van der Waals surface area (Å²) >= 11 is 6.23. The van der Waals surface area contributed by atoms with Crippen LogP contribution in [0.1, 0.15) is 43.8 Å². The minimum atomic E-state index is -4.28. The fourth-order valence-corrected chi connectivity index (χ4v) is 3.64. The molecule has 1 saturated carbocycles. The van der Waals surface area contributed by atoms with Crippen LogP contribution in [0.2, 0.25) is 5.02 Å². The molecule has 8 heteroatoms. The molecule has 0 unspecified atom stereocenters. The highest BCUT2D eigenvalue weighted by Crippen LogP contribution is 2.47. The molecule has 1 aliphatic heterocycles. The number of rotatable bonds is 3. The summed E-state index contributed by atoms with van der Waals surface area (Å²) < 4.78 is 45.0. The van der Waals surface area contributed by atoms with Gasteiger partial charge < -0.3 is 9.47 Å². The van der Waals surface area contributed by atoms with Crippen molar-refractivity contribution in [2.75, 3.05) is 6.54 Å². The van der Waals surface area contributed by atoms with Gasteiger partial charge in [-0.15, -0.1) is 0 Å². The molecule has 1 atom stereocenters. The Bertz CT molecular complexity index is 657. The van der Waals surface area contributed by atoms with Crippen molar-refractivity contribution in [2.24, 2.45) is 0 Å². The Kier molecular flexibility index (Phi) is 4.35. The maximum Gasteiger partial charge on any atom is 0.333 e. The molecule has 1 spiro atoms. The van der Waals surface area contributed by atoms with Gasteiger partial charge in [-0.25, -0.2) is 0 Å². The van der Waals surface area contributed by atoms with E-state index in [1.54, 1.807) is 18.2 Å². The van der Waals surface area contributed by atoms with Gasteiger partial charge in [0.05, 0.1) is 5.02 Å². The van der Waals surface area contributed by atoms with E-state index < -0.39 is 22.2 Å². The first-order chi connectivity index (χ1) is 10.4. The van der Waals surface area contributed by atoms with Crippen LogP contribution < -0.4 is 9.46 Å². The summed E-state index contributed by atoms with van der Waals surface area (Å²) in [6.45, 7) is -0.0721. The number of ether oxygens (including phenoxy) is 2. The van der Waals surface area contributed by atoms with E-state index in [1.165, 1.54) is 0 Å². The molecule has 22 heavy (non-hydrogen) atoms. The number of halogens is 1. The summed E-state index contributed by atoms with van der Waals surface area (Å²) in [5.41, 5.74) is 0.680. The van der Waals surface area contributed by atoms with Gasteiger partial charge in [-0.1, -0.05) is 30.2 Å². The summed E-state index contributed by atoms with van der Waals surface area (Å²) in [5.74, 6) is -0.221. The largest absolute Gasteiger partial charge is 0.460 e. The zero-order chi connectivity index (χ0) is 15.8. The molecule has 1 fully saturated rings. The lowest BCUT2D eigenvalue weighted by molar-refractivity contribution is -0.243. The molecule has 1 aromatic carbocycles. The maximum absolute atomic E-state index is 11.0. The van der Waals surface area contributed by atoms with Gasteiger partial charge in [0, 0.05) is 24.9 Å². The number of hydrogen-bond acceptors (Lipinski definition) is 4. The highest BCUT2D eigenvalue weighted by Gasteiger charge is 2.43. The monoisotopic (exact) mass is 347 g/mol. The van der Waals surface area contributed by atoms with Crippen LogP contribution in [0.25, 0.3) is 0 Å². The van der Waals surface area contributed by atoms with Crippen molar-refractivity contribution in [1.29, 1.82) is 0 Å². The van der Waals surface area contributed by atoms with E-state index in [0.717, 1.165) is 32.1 Å². The Hall–Kier alpha value is -0.860. The second kappa shape index (κ2) is 5.98. The van der Waals surface area contributed by atoms with Crippen molar-refractivity contribution in [3.8, 4) is 5.75 Å². The van der Waals surface area contributed by atoms with Crippen LogP contribution >= 0.6 is 11.6 Å². The molecule has 1 heterocycles. The highest BCUT2D eigenvalue weighted by molar-refractivity contribution is 7.83. The van der Waals surface area contributed by atoms with Crippen LogP contribution in [0.15, 0.2) is 18.2 Å².